The normalized spacial score (nSPS) is 13.9. The molecule has 1 heteroatoms. The molecule has 0 saturated heterocycles. The Morgan fingerprint density at radius 3 is 1.62 bits per heavy atom. The van der Waals surface area contributed by atoms with Gasteiger partial charge in [-0.2, -0.15) is 0 Å². The van der Waals surface area contributed by atoms with Gasteiger partial charge in [0.15, 0.2) is 0 Å². The predicted molar refractivity (Wildman–Crippen MR) is 71.2 cm³/mol. The van der Waals surface area contributed by atoms with E-state index in [4.69, 9.17) is 0 Å². The molecule has 1 aliphatic rings. The van der Waals surface area contributed by atoms with Gasteiger partial charge >= 0.3 is 105 Å². The minimum atomic E-state index is -1.13. The van der Waals surface area contributed by atoms with Crippen LogP contribution in [0, 0.1) is 0 Å². The average molecular weight is 317 g/mol. The van der Waals surface area contributed by atoms with Gasteiger partial charge in [0.05, 0.1) is 0 Å². The molecule has 0 saturated carbocycles. The van der Waals surface area contributed by atoms with E-state index in [1.165, 1.54) is 11.1 Å². The van der Waals surface area contributed by atoms with Crippen LogP contribution in [0.15, 0.2) is 48.5 Å². The van der Waals surface area contributed by atoms with E-state index >= 15 is 0 Å². The van der Waals surface area contributed by atoms with Crippen molar-refractivity contribution >= 4 is 20.2 Å². The van der Waals surface area contributed by atoms with Crippen LogP contribution < -0.4 is 0 Å². The van der Waals surface area contributed by atoms with Gasteiger partial charge < -0.3 is 0 Å². The quantitative estimate of drug-likeness (QED) is 0.695. The summed E-state index contributed by atoms with van der Waals surface area (Å²) in [6.45, 7) is 0. The molecule has 0 amide bonds. The van der Waals surface area contributed by atoms with E-state index < -0.39 is 20.2 Å². The Hall–Kier alpha value is -0.742. The van der Waals surface area contributed by atoms with Crippen molar-refractivity contribution in [2.24, 2.45) is 0 Å². The number of rotatable bonds is 1. The minimum absolute atomic E-state index is 0.760. The van der Waals surface area contributed by atoms with E-state index in [9.17, 15) is 0 Å². The van der Waals surface area contributed by atoms with Crippen molar-refractivity contribution in [3.05, 3.63) is 59.7 Å². The van der Waals surface area contributed by atoms with Crippen molar-refractivity contribution in [3.63, 3.8) is 0 Å². The molecule has 0 nitrogen and oxygen atoms in total. The Morgan fingerprint density at radius 2 is 1.19 bits per heavy atom. The van der Waals surface area contributed by atoms with Gasteiger partial charge in [0.25, 0.3) is 0 Å². The van der Waals surface area contributed by atoms with E-state index in [1.807, 2.05) is 0 Å². The van der Waals surface area contributed by atoms with E-state index in [0.717, 1.165) is 3.86 Å². The first-order valence-corrected chi connectivity index (χ1v) is 12.2. The SMILES string of the molecule is [CH3][Sb]([CH3])[CH]1c2ccccc2-c2ccccc21. The number of hydrogen-bond acceptors (Lipinski definition) is 0. The molecule has 0 unspecified atom stereocenters. The van der Waals surface area contributed by atoms with Gasteiger partial charge in [0, 0.05) is 0 Å². The second kappa shape index (κ2) is 3.93. The molecule has 0 radical (unpaired) electrons. The van der Waals surface area contributed by atoms with E-state index in [2.05, 4.69) is 58.3 Å². The predicted octanol–water partition coefficient (Wildman–Crippen LogP) is 4.09. The van der Waals surface area contributed by atoms with Crippen LogP contribution in [0.2, 0.25) is 9.74 Å². The van der Waals surface area contributed by atoms with Crippen molar-refractivity contribution < 1.29 is 0 Å². The van der Waals surface area contributed by atoms with Crippen LogP contribution in [-0.2, 0) is 0 Å². The topological polar surface area (TPSA) is 0 Å². The van der Waals surface area contributed by atoms with Gasteiger partial charge in [0.2, 0.25) is 0 Å². The van der Waals surface area contributed by atoms with Gasteiger partial charge in [-0.1, -0.05) is 0 Å². The fourth-order valence-electron chi connectivity index (χ4n) is 2.69. The summed E-state index contributed by atoms with van der Waals surface area (Å²) < 4.78 is 0.760. The van der Waals surface area contributed by atoms with E-state index in [-0.39, 0.29) is 0 Å². The molecule has 3 rings (SSSR count). The zero-order valence-electron chi connectivity index (χ0n) is 9.64. The monoisotopic (exact) mass is 316 g/mol. The second-order valence-corrected chi connectivity index (χ2v) is 11.5. The first-order valence-electron chi connectivity index (χ1n) is 5.63. The molecular formula is C15H15Sb. The van der Waals surface area contributed by atoms with Gasteiger partial charge in [-0.25, -0.2) is 0 Å². The second-order valence-electron chi connectivity index (χ2n) is 4.54. The molecule has 1 aliphatic carbocycles. The van der Waals surface area contributed by atoms with Crippen LogP contribution in [0.5, 0.6) is 0 Å². The Bertz CT molecular complexity index is 483. The summed E-state index contributed by atoms with van der Waals surface area (Å²) in [5.41, 5.74) is 6.11. The Kier molecular flexibility index (Phi) is 2.56. The maximum atomic E-state index is 2.49. The molecule has 0 heterocycles. The zero-order chi connectivity index (χ0) is 11.1. The van der Waals surface area contributed by atoms with Crippen LogP contribution in [0.3, 0.4) is 0 Å². The average Bonchev–Trinajstić information content (AvgIpc) is 2.63. The first-order chi connectivity index (χ1) is 7.79. The van der Waals surface area contributed by atoms with Gasteiger partial charge in [-0.15, -0.1) is 0 Å². The zero-order valence-corrected chi connectivity index (χ0v) is 12.2. The molecule has 0 fully saturated rings. The third-order valence-electron chi connectivity index (χ3n) is 3.32. The molecule has 2 aromatic carbocycles. The van der Waals surface area contributed by atoms with E-state index in [0.29, 0.717) is 0 Å². The van der Waals surface area contributed by atoms with E-state index in [1.54, 1.807) is 11.1 Å². The van der Waals surface area contributed by atoms with Crippen molar-refractivity contribution in [2.75, 3.05) is 0 Å². The maximum absolute atomic E-state index is 2.49. The van der Waals surface area contributed by atoms with Crippen LogP contribution in [0.4, 0.5) is 0 Å². The third-order valence-corrected chi connectivity index (χ3v) is 7.85. The number of fused-ring (bicyclic) bond motifs is 3. The Morgan fingerprint density at radius 1 is 0.750 bits per heavy atom. The van der Waals surface area contributed by atoms with Crippen LogP contribution in [0.25, 0.3) is 11.1 Å². The molecule has 0 aliphatic heterocycles. The van der Waals surface area contributed by atoms with Gasteiger partial charge in [-0.3, -0.25) is 0 Å². The molecule has 16 heavy (non-hydrogen) atoms. The van der Waals surface area contributed by atoms with Gasteiger partial charge in [0.1, 0.15) is 0 Å². The molecular weight excluding hydrogens is 302 g/mol. The van der Waals surface area contributed by atoms with Crippen molar-refractivity contribution in [1.29, 1.82) is 0 Å². The Balaban J connectivity index is 2.30. The molecule has 2 aromatic rings. The standard InChI is InChI=1S/C13H9.2CH3.Sb/c1-3-7-12-10(5-1)9-11-6-2-4-8-13(11)12;;;/h1-9H;2*1H3;. The van der Waals surface area contributed by atoms with Gasteiger partial charge in [-0.05, 0) is 0 Å². The number of benzene rings is 2. The summed E-state index contributed by atoms with van der Waals surface area (Å²) in [4.78, 5) is 4.98. The van der Waals surface area contributed by atoms with Crippen molar-refractivity contribution in [3.8, 4) is 11.1 Å². The molecule has 0 bridgehead atoms. The summed E-state index contributed by atoms with van der Waals surface area (Å²) >= 11 is -1.13. The molecule has 0 aromatic heterocycles. The molecule has 80 valence electrons. The fraction of sp³-hybridized carbons (Fsp3) is 0.200. The first kappa shape index (κ1) is 10.4. The molecule has 0 N–H and O–H groups in total. The summed E-state index contributed by atoms with van der Waals surface area (Å²) in [5, 5.41) is 0. The molecule has 0 atom stereocenters. The summed E-state index contributed by atoms with van der Waals surface area (Å²) in [6, 6.07) is 17.9. The summed E-state index contributed by atoms with van der Waals surface area (Å²) in [5.74, 6) is 0. The third kappa shape index (κ3) is 1.44. The van der Waals surface area contributed by atoms with Crippen molar-refractivity contribution in [1.82, 2.24) is 0 Å². The summed E-state index contributed by atoms with van der Waals surface area (Å²) in [6.07, 6.45) is 0. The van der Waals surface area contributed by atoms with Crippen LogP contribution >= 0.6 is 0 Å². The fourth-order valence-corrected chi connectivity index (χ4v) is 7.15. The van der Waals surface area contributed by atoms with Crippen molar-refractivity contribution in [2.45, 2.75) is 13.6 Å². The molecule has 0 spiro atoms. The summed E-state index contributed by atoms with van der Waals surface area (Å²) in [7, 11) is 0. The number of hydrogen-bond donors (Lipinski definition) is 0. The van der Waals surface area contributed by atoms with Crippen LogP contribution in [0.1, 0.15) is 15.0 Å². The van der Waals surface area contributed by atoms with Crippen LogP contribution in [-0.4, -0.2) is 20.2 Å². The Labute approximate surface area is 104 Å².